The predicted octanol–water partition coefficient (Wildman–Crippen LogP) is 1.46. The Kier molecular flexibility index (Phi) is 6.48. The Labute approximate surface area is 149 Å². The molecule has 1 aliphatic heterocycles. The van der Waals surface area contributed by atoms with Gasteiger partial charge in [-0.25, -0.2) is 13.2 Å². The normalized spacial score (nSPS) is 27.3. The number of carbonyl (C=O) groups is 2. The summed E-state index contributed by atoms with van der Waals surface area (Å²) in [6.45, 7) is 5.27. The summed E-state index contributed by atoms with van der Waals surface area (Å²) in [5.41, 5.74) is 0. The van der Waals surface area contributed by atoms with Gasteiger partial charge < -0.3 is 14.7 Å². The lowest BCUT2D eigenvalue weighted by molar-refractivity contribution is -0.166. The molecule has 144 valence electrons. The Bertz CT molecular complexity index is 596. The van der Waals surface area contributed by atoms with Gasteiger partial charge in [-0.1, -0.05) is 33.1 Å². The van der Waals surface area contributed by atoms with E-state index in [2.05, 4.69) is 0 Å². The van der Waals surface area contributed by atoms with Gasteiger partial charge in [-0.3, -0.25) is 4.79 Å². The molecular weight excluding hydrogens is 346 g/mol. The minimum absolute atomic E-state index is 0.109. The predicted molar refractivity (Wildman–Crippen MR) is 93.0 cm³/mol. The first-order valence-electron chi connectivity index (χ1n) is 9.04. The molecule has 0 spiro atoms. The van der Waals surface area contributed by atoms with Gasteiger partial charge >= 0.3 is 5.97 Å². The maximum Gasteiger partial charge on any atom is 0.334 e. The average molecular weight is 375 g/mol. The van der Waals surface area contributed by atoms with E-state index < -0.39 is 44.4 Å². The fourth-order valence-electron chi connectivity index (χ4n) is 3.85. The number of carboxylic acids is 1. The maximum atomic E-state index is 13.1. The van der Waals surface area contributed by atoms with Gasteiger partial charge in [-0.2, -0.15) is 0 Å². The van der Waals surface area contributed by atoms with E-state index in [1.807, 2.05) is 0 Å². The Balaban J connectivity index is 2.23. The van der Waals surface area contributed by atoms with Crippen LogP contribution in [0.15, 0.2) is 0 Å². The summed E-state index contributed by atoms with van der Waals surface area (Å²) in [5, 5.41) is 7.60. The van der Waals surface area contributed by atoms with Crippen molar-refractivity contribution in [1.29, 1.82) is 0 Å². The Morgan fingerprint density at radius 1 is 1.12 bits per heavy atom. The summed E-state index contributed by atoms with van der Waals surface area (Å²) >= 11 is 0. The van der Waals surface area contributed by atoms with Gasteiger partial charge in [0.15, 0.2) is 15.9 Å². The van der Waals surface area contributed by atoms with Crippen LogP contribution in [0.25, 0.3) is 0 Å². The lowest BCUT2D eigenvalue weighted by Gasteiger charge is -2.38. The summed E-state index contributed by atoms with van der Waals surface area (Å²) in [6, 6.07) is 0. The SMILES string of the molecule is CC(C)C(C(=O)N1CC(C(=O)O)O[C@H](C)C1)S(=O)(=O)C1CCCCC1. The highest BCUT2D eigenvalue weighted by Gasteiger charge is 2.44. The number of hydrogen-bond donors (Lipinski definition) is 1. The number of carboxylic acid groups (broad SMARTS) is 1. The topological polar surface area (TPSA) is 101 Å². The van der Waals surface area contributed by atoms with Crippen molar-refractivity contribution >= 4 is 21.7 Å². The first-order chi connectivity index (χ1) is 11.6. The van der Waals surface area contributed by atoms with Crippen LogP contribution >= 0.6 is 0 Å². The molecule has 0 aromatic carbocycles. The number of carbonyl (C=O) groups excluding carboxylic acids is 1. The van der Waals surface area contributed by atoms with E-state index in [1.165, 1.54) is 4.90 Å². The van der Waals surface area contributed by atoms with Gasteiger partial charge in [-0.05, 0) is 25.7 Å². The number of ether oxygens (including phenoxy) is 1. The highest BCUT2D eigenvalue weighted by Crippen LogP contribution is 2.30. The van der Waals surface area contributed by atoms with E-state index in [1.54, 1.807) is 20.8 Å². The van der Waals surface area contributed by atoms with E-state index in [4.69, 9.17) is 4.74 Å². The molecule has 7 nitrogen and oxygen atoms in total. The Hall–Kier alpha value is -1.15. The lowest BCUT2D eigenvalue weighted by Crippen LogP contribution is -2.57. The Morgan fingerprint density at radius 3 is 2.24 bits per heavy atom. The van der Waals surface area contributed by atoms with Crippen LogP contribution in [0.4, 0.5) is 0 Å². The van der Waals surface area contributed by atoms with Gasteiger partial charge in [0, 0.05) is 6.54 Å². The van der Waals surface area contributed by atoms with Crippen molar-refractivity contribution in [3.8, 4) is 0 Å². The zero-order valence-corrected chi connectivity index (χ0v) is 16.0. The van der Waals surface area contributed by atoms with Crippen LogP contribution < -0.4 is 0 Å². The van der Waals surface area contributed by atoms with Crippen molar-refractivity contribution in [1.82, 2.24) is 4.90 Å². The lowest BCUT2D eigenvalue weighted by atomic mass is 10.0. The molecule has 1 saturated heterocycles. The fourth-order valence-corrected chi connectivity index (χ4v) is 6.45. The molecule has 1 N–H and O–H groups in total. The summed E-state index contributed by atoms with van der Waals surface area (Å²) in [5.74, 6) is -1.98. The second-order valence-electron chi connectivity index (χ2n) is 7.53. The Morgan fingerprint density at radius 2 is 1.72 bits per heavy atom. The molecule has 0 radical (unpaired) electrons. The van der Waals surface area contributed by atoms with Crippen molar-refractivity contribution in [2.75, 3.05) is 13.1 Å². The molecule has 1 aliphatic carbocycles. The third kappa shape index (κ3) is 4.53. The van der Waals surface area contributed by atoms with Crippen LogP contribution in [-0.2, 0) is 24.2 Å². The number of morpholine rings is 1. The molecular formula is C17H29NO6S. The van der Waals surface area contributed by atoms with E-state index in [9.17, 15) is 23.1 Å². The van der Waals surface area contributed by atoms with Gasteiger partial charge in [0.1, 0.15) is 5.25 Å². The quantitative estimate of drug-likeness (QED) is 0.781. The molecule has 1 heterocycles. The highest BCUT2D eigenvalue weighted by molar-refractivity contribution is 7.93. The van der Waals surface area contributed by atoms with Gasteiger partial charge in [-0.15, -0.1) is 0 Å². The first kappa shape index (κ1) is 20.2. The average Bonchev–Trinajstić information content (AvgIpc) is 2.54. The molecule has 1 saturated carbocycles. The van der Waals surface area contributed by atoms with Crippen LogP contribution in [-0.4, -0.2) is 66.1 Å². The molecule has 25 heavy (non-hydrogen) atoms. The minimum Gasteiger partial charge on any atom is -0.479 e. The van der Waals surface area contributed by atoms with E-state index in [-0.39, 0.29) is 19.0 Å². The number of nitrogens with zero attached hydrogens (tertiary/aromatic N) is 1. The molecule has 0 bridgehead atoms. The third-order valence-corrected chi connectivity index (χ3v) is 7.92. The van der Waals surface area contributed by atoms with E-state index in [0.29, 0.717) is 12.8 Å². The van der Waals surface area contributed by atoms with Crippen molar-refractivity contribution in [2.24, 2.45) is 5.92 Å². The monoisotopic (exact) mass is 375 g/mol. The standard InChI is InChI=1S/C17H29NO6S/c1-11(2)15(25(22,23)13-7-5-4-6-8-13)16(19)18-9-12(3)24-14(10-18)17(20)21/h11-15H,4-10H2,1-3H3,(H,20,21)/t12-,14?,15?/m1/s1. The van der Waals surface area contributed by atoms with Crippen LogP contribution in [0.2, 0.25) is 0 Å². The summed E-state index contributed by atoms with van der Waals surface area (Å²) in [6.07, 6.45) is 2.44. The van der Waals surface area contributed by atoms with Gasteiger partial charge in [0.05, 0.1) is 17.9 Å². The summed E-state index contributed by atoms with van der Waals surface area (Å²) < 4.78 is 31.6. The summed E-state index contributed by atoms with van der Waals surface area (Å²) in [7, 11) is -3.61. The highest BCUT2D eigenvalue weighted by atomic mass is 32.2. The molecule has 2 unspecified atom stereocenters. The number of amides is 1. The van der Waals surface area contributed by atoms with Gasteiger partial charge in [0.2, 0.25) is 5.91 Å². The summed E-state index contributed by atoms with van der Waals surface area (Å²) in [4.78, 5) is 25.6. The van der Waals surface area contributed by atoms with Crippen LogP contribution in [0, 0.1) is 5.92 Å². The molecule has 8 heteroatoms. The molecule has 1 amide bonds. The number of rotatable bonds is 5. The third-order valence-electron chi connectivity index (χ3n) is 5.07. The smallest absolute Gasteiger partial charge is 0.334 e. The second-order valence-corrected chi connectivity index (χ2v) is 9.88. The minimum atomic E-state index is -3.61. The van der Waals surface area contributed by atoms with Crippen molar-refractivity contribution in [2.45, 2.75) is 75.6 Å². The van der Waals surface area contributed by atoms with Crippen LogP contribution in [0.5, 0.6) is 0 Å². The number of aliphatic carboxylic acids is 1. The maximum absolute atomic E-state index is 13.1. The zero-order chi connectivity index (χ0) is 18.8. The number of hydrogen-bond acceptors (Lipinski definition) is 5. The molecule has 2 aliphatic rings. The van der Waals surface area contributed by atoms with E-state index >= 15 is 0 Å². The molecule has 3 atom stereocenters. The second kappa shape index (κ2) is 8.03. The molecule has 2 fully saturated rings. The van der Waals surface area contributed by atoms with Crippen molar-refractivity contribution in [3.63, 3.8) is 0 Å². The van der Waals surface area contributed by atoms with E-state index in [0.717, 1.165) is 19.3 Å². The fraction of sp³-hybridized carbons (Fsp3) is 0.882. The van der Waals surface area contributed by atoms with Crippen LogP contribution in [0.3, 0.4) is 0 Å². The largest absolute Gasteiger partial charge is 0.479 e. The molecule has 0 aromatic rings. The molecule has 2 rings (SSSR count). The number of sulfone groups is 1. The van der Waals surface area contributed by atoms with Gasteiger partial charge in [0.25, 0.3) is 0 Å². The van der Waals surface area contributed by atoms with Crippen LogP contribution in [0.1, 0.15) is 52.9 Å². The molecule has 0 aromatic heterocycles. The zero-order valence-electron chi connectivity index (χ0n) is 15.2. The van der Waals surface area contributed by atoms with Crippen molar-refractivity contribution in [3.05, 3.63) is 0 Å². The van der Waals surface area contributed by atoms with Crippen molar-refractivity contribution < 1.29 is 27.9 Å². The first-order valence-corrected chi connectivity index (χ1v) is 10.6.